The lowest BCUT2D eigenvalue weighted by Gasteiger charge is -2.18. The van der Waals surface area contributed by atoms with Crippen molar-refractivity contribution in [3.8, 4) is 0 Å². The lowest BCUT2D eigenvalue weighted by Crippen LogP contribution is -2.30. The van der Waals surface area contributed by atoms with Gasteiger partial charge in [0.1, 0.15) is 13.2 Å². The number of rotatable bonds is 53. The summed E-state index contributed by atoms with van der Waals surface area (Å²) in [6.07, 6.45) is 78.9. The van der Waals surface area contributed by atoms with Gasteiger partial charge in [0.15, 0.2) is 6.10 Å². The molecule has 0 heterocycles. The van der Waals surface area contributed by atoms with Gasteiger partial charge in [0.25, 0.3) is 0 Å². The summed E-state index contributed by atoms with van der Waals surface area (Å²) in [5, 5.41) is 0. The maximum absolute atomic E-state index is 12.8. The number of unbranched alkanes of at least 4 members (excludes halogenated alkanes) is 26. The molecule has 6 nitrogen and oxygen atoms in total. The fourth-order valence-corrected chi connectivity index (χ4v) is 8.13. The molecule has 0 bridgehead atoms. The van der Waals surface area contributed by atoms with Gasteiger partial charge in [-0.25, -0.2) is 0 Å². The smallest absolute Gasteiger partial charge is 0.306 e. The van der Waals surface area contributed by atoms with Gasteiger partial charge in [-0.1, -0.05) is 259 Å². The van der Waals surface area contributed by atoms with Gasteiger partial charge in [0.2, 0.25) is 0 Å². The van der Waals surface area contributed by atoms with Crippen molar-refractivity contribution in [2.24, 2.45) is 0 Å². The molecule has 0 saturated heterocycles. The molecule has 0 aromatic carbocycles. The molecule has 1 atom stereocenters. The predicted octanol–water partition coefficient (Wildman–Crippen LogP) is 20.1. The fraction of sp³-hybridized carbons (Fsp3) is 0.708. The van der Waals surface area contributed by atoms with Crippen LogP contribution in [0.3, 0.4) is 0 Å². The standard InChI is InChI=1S/C65H110O6/c1-4-7-10-13-15-17-19-21-23-25-27-29-31-32-34-35-37-39-41-43-45-47-49-52-55-58-64(67)70-61-62(60-69-63(66)57-54-51-12-9-6-3)71-65(68)59-56-53-50-48-46-44-42-40-38-36-33-30-28-26-24-22-20-18-16-14-11-8-5-2/h8,11,16,18,22,24-25,27-28,30,36,38,42,44,48,50,62H,4-7,9-10,12-15,17,19-21,23,26,29,31-35,37,39-41,43,45-47,49,51-61H2,1-3H3/b11-8-,18-16-,24-22-,27-25-,30-28-,38-36-,44-42-,50-48-. The Morgan fingerprint density at radius 1 is 0.296 bits per heavy atom. The number of allylic oxidation sites excluding steroid dienone is 16. The summed E-state index contributed by atoms with van der Waals surface area (Å²) >= 11 is 0. The maximum Gasteiger partial charge on any atom is 0.306 e. The first-order valence-electron chi connectivity index (χ1n) is 29.7. The Kier molecular flexibility index (Phi) is 55.9. The lowest BCUT2D eigenvalue weighted by atomic mass is 10.0. The molecular weight excluding hydrogens is 877 g/mol. The first kappa shape index (κ1) is 67.3. The van der Waals surface area contributed by atoms with E-state index in [0.717, 1.165) is 103 Å². The van der Waals surface area contributed by atoms with Gasteiger partial charge in [-0.2, -0.15) is 0 Å². The van der Waals surface area contributed by atoms with Crippen molar-refractivity contribution >= 4 is 17.9 Å². The molecule has 0 aromatic heterocycles. The Bertz CT molecular complexity index is 1410. The van der Waals surface area contributed by atoms with Crippen LogP contribution in [0.25, 0.3) is 0 Å². The normalized spacial score (nSPS) is 12.8. The summed E-state index contributed by atoms with van der Waals surface area (Å²) < 4.78 is 16.7. The van der Waals surface area contributed by atoms with Crippen LogP contribution in [0.4, 0.5) is 0 Å². The van der Waals surface area contributed by atoms with E-state index in [1.807, 2.05) is 0 Å². The van der Waals surface area contributed by atoms with Crippen LogP contribution in [0.15, 0.2) is 97.2 Å². The third kappa shape index (κ3) is 57.1. The van der Waals surface area contributed by atoms with E-state index in [9.17, 15) is 14.4 Å². The number of hydrogen-bond acceptors (Lipinski definition) is 6. The molecule has 0 aromatic rings. The summed E-state index contributed by atoms with van der Waals surface area (Å²) in [6, 6.07) is 0. The molecule has 1 unspecified atom stereocenters. The Morgan fingerprint density at radius 2 is 0.563 bits per heavy atom. The second-order valence-electron chi connectivity index (χ2n) is 19.5. The van der Waals surface area contributed by atoms with Crippen molar-refractivity contribution in [2.45, 2.75) is 284 Å². The van der Waals surface area contributed by atoms with Crippen LogP contribution in [0.5, 0.6) is 0 Å². The summed E-state index contributed by atoms with van der Waals surface area (Å²) in [7, 11) is 0. The van der Waals surface area contributed by atoms with Crippen LogP contribution in [-0.2, 0) is 28.6 Å². The van der Waals surface area contributed by atoms with Crippen LogP contribution in [-0.4, -0.2) is 37.2 Å². The van der Waals surface area contributed by atoms with Gasteiger partial charge in [-0.3, -0.25) is 14.4 Å². The molecule has 71 heavy (non-hydrogen) atoms. The van der Waals surface area contributed by atoms with Gasteiger partial charge in [-0.05, 0) is 96.3 Å². The minimum Gasteiger partial charge on any atom is -0.462 e. The number of esters is 3. The molecule has 0 radical (unpaired) electrons. The summed E-state index contributed by atoms with van der Waals surface area (Å²) in [4.78, 5) is 37.8. The average molecular weight is 988 g/mol. The quantitative estimate of drug-likeness (QED) is 0.0261. The zero-order valence-corrected chi connectivity index (χ0v) is 46.5. The molecule has 0 amide bonds. The maximum atomic E-state index is 12.8. The molecule has 406 valence electrons. The van der Waals surface area contributed by atoms with E-state index < -0.39 is 6.10 Å². The van der Waals surface area contributed by atoms with E-state index in [-0.39, 0.29) is 37.5 Å². The van der Waals surface area contributed by atoms with Gasteiger partial charge < -0.3 is 14.2 Å². The molecule has 0 N–H and O–H groups in total. The molecule has 0 spiro atoms. The zero-order chi connectivity index (χ0) is 51.4. The number of carbonyl (C=O) groups is 3. The van der Waals surface area contributed by atoms with E-state index in [1.165, 1.54) is 128 Å². The van der Waals surface area contributed by atoms with Crippen molar-refractivity contribution in [1.29, 1.82) is 0 Å². The lowest BCUT2D eigenvalue weighted by molar-refractivity contribution is -0.167. The molecule has 0 aliphatic rings. The highest BCUT2D eigenvalue weighted by atomic mass is 16.6. The van der Waals surface area contributed by atoms with Crippen LogP contribution in [0, 0.1) is 0 Å². The Morgan fingerprint density at radius 3 is 0.915 bits per heavy atom. The second-order valence-corrected chi connectivity index (χ2v) is 19.5. The molecule has 6 heteroatoms. The highest BCUT2D eigenvalue weighted by Crippen LogP contribution is 2.15. The summed E-state index contributed by atoms with van der Waals surface area (Å²) in [5.74, 6) is -0.972. The first-order chi connectivity index (χ1) is 35.0. The van der Waals surface area contributed by atoms with E-state index in [2.05, 4.69) is 118 Å². The van der Waals surface area contributed by atoms with Crippen LogP contribution < -0.4 is 0 Å². The van der Waals surface area contributed by atoms with Crippen LogP contribution in [0.2, 0.25) is 0 Å². The first-order valence-corrected chi connectivity index (χ1v) is 29.7. The minimum absolute atomic E-state index is 0.100. The summed E-state index contributed by atoms with van der Waals surface area (Å²) in [5.41, 5.74) is 0. The molecule has 0 rings (SSSR count). The Hall–Kier alpha value is -3.67. The largest absolute Gasteiger partial charge is 0.462 e. The minimum atomic E-state index is -0.805. The van der Waals surface area contributed by atoms with Crippen LogP contribution in [0.1, 0.15) is 278 Å². The molecular formula is C65H110O6. The van der Waals surface area contributed by atoms with Gasteiger partial charge in [-0.15, -0.1) is 0 Å². The van der Waals surface area contributed by atoms with Crippen molar-refractivity contribution in [2.75, 3.05) is 13.2 Å². The molecule has 0 saturated carbocycles. The Balaban J connectivity index is 4.17. The van der Waals surface area contributed by atoms with E-state index in [1.54, 1.807) is 0 Å². The third-order valence-electron chi connectivity index (χ3n) is 12.6. The van der Waals surface area contributed by atoms with Crippen molar-refractivity contribution < 1.29 is 28.6 Å². The number of hydrogen-bond donors (Lipinski definition) is 0. The topological polar surface area (TPSA) is 78.9 Å². The van der Waals surface area contributed by atoms with Crippen molar-refractivity contribution in [3.05, 3.63) is 97.2 Å². The predicted molar refractivity (Wildman–Crippen MR) is 307 cm³/mol. The van der Waals surface area contributed by atoms with E-state index in [4.69, 9.17) is 14.2 Å². The SMILES string of the molecule is CC/C=C\C/C=C\C/C=C\C/C=C\C/C=C\C/C=C\C/C=C\CCCC(=O)OC(COC(=O)CCCCCCC)COC(=O)CCCCCCCCCCCCCCC/C=C\CCCCCCCCCC. The fourth-order valence-electron chi connectivity index (χ4n) is 8.13. The van der Waals surface area contributed by atoms with Gasteiger partial charge >= 0.3 is 17.9 Å². The monoisotopic (exact) mass is 987 g/mol. The summed E-state index contributed by atoms with van der Waals surface area (Å²) in [6.45, 7) is 6.40. The Labute approximate surface area is 438 Å². The highest BCUT2D eigenvalue weighted by Gasteiger charge is 2.19. The molecule has 0 aliphatic carbocycles. The highest BCUT2D eigenvalue weighted by molar-refractivity contribution is 5.71. The zero-order valence-electron chi connectivity index (χ0n) is 46.5. The van der Waals surface area contributed by atoms with Crippen LogP contribution >= 0.6 is 0 Å². The van der Waals surface area contributed by atoms with Gasteiger partial charge in [0.05, 0.1) is 0 Å². The number of carbonyl (C=O) groups excluding carboxylic acids is 3. The third-order valence-corrected chi connectivity index (χ3v) is 12.6. The van der Waals surface area contributed by atoms with E-state index >= 15 is 0 Å². The molecule has 0 fully saturated rings. The average Bonchev–Trinajstić information content (AvgIpc) is 3.37. The van der Waals surface area contributed by atoms with E-state index in [0.29, 0.717) is 19.3 Å². The molecule has 0 aliphatic heterocycles. The van der Waals surface area contributed by atoms with Gasteiger partial charge in [0, 0.05) is 19.3 Å². The van der Waals surface area contributed by atoms with Crippen molar-refractivity contribution in [1.82, 2.24) is 0 Å². The second kappa shape index (κ2) is 58.9. The number of ether oxygens (including phenoxy) is 3. The van der Waals surface area contributed by atoms with Crippen molar-refractivity contribution in [3.63, 3.8) is 0 Å².